The van der Waals surface area contributed by atoms with Crippen molar-refractivity contribution in [1.29, 1.82) is 0 Å². The molecule has 424 valence electrons. The Morgan fingerprint density at radius 3 is 2.41 bits per heavy atom. The van der Waals surface area contributed by atoms with Crippen molar-refractivity contribution in [2.75, 3.05) is 79.0 Å². The molecule has 3 saturated heterocycles. The van der Waals surface area contributed by atoms with Gasteiger partial charge in [0.05, 0.1) is 42.5 Å². The molecular weight excluding hydrogens is 1000 g/mol. The highest BCUT2D eigenvalue weighted by Gasteiger charge is 2.57. The molecule has 79 heavy (non-hydrogen) atoms. The van der Waals surface area contributed by atoms with Crippen LogP contribution in [0.4, 0.5) is 5.69 Å². The normalized spacial score (nSPS) is 24.9. The highest BCUT2D eigenvalue weighted by atomic mass is 16.5. The standard InChI is InChI=1S/C61H82N10O8/c1-9-70-48-17-16-40-30-44(48)46(54(70)45-31-42(33-62-50(45)36(2)78-8)69-24-22-66(5)23-25-69)32-60(3,4)35-79-59(77)55-61(18-19-61)20-21-71(65-55)57(75)47(28-37-26-41(40)29-43(72)27-37)63-56(74)53(39-12-10-11-13-39)68(7)49(73)34-67(6)58(76)52-51(64-52)38-14-15-38/h16-17,26-27,29-31,33,36,38-39,47,51-53,55,64-65,72H,9-15,18-25,28,32,34-35H2,1-8H3,(H,63,74)/t36-,47-,51+,52+,53-,55+/m0/s1. The van der Waals surface area contributed by atoms with E-state index in [1.807, 2.05) is 19.2 Å². The van der Waals surface area contributed by atoms with Gasteiger partial charge in [0, 0.05) is 94.8 Å². The van der Waals surface area contributed by atoms with Gasteiger partial charge in [0.1, 0.15) is 29.9 Å². The SMILES string of the molecule is CCn1c(-c2cc(N3CCN(C)CC3)cnc2[C@H](C)OC)c2c3cc(ccc31)-c1cc(O)cc(c1)C[C@H](NC(=O)[C@H](C1CCCC1)N(C)C(=O)CN(C)C(=O)[C@@H]1N[C@@H]1C1CC1)C(=O)N1CCC3(CC3)[C@H](N1)C(=O)OCC(C)(C)C2. The monoisotopic (exact) mass is 1080 g/mol. The first kappa shape index (κ1) is 54.9. The molecule has 3 saturated carbocycles. The number of nitrogens with one attached hydrogen (secondary N) is 3. The molecule has 4 amide bonds. The largest absolute Gasteiger partial charge is 0.508 e. The third-order valence-corrected chi connectivity index (χ3v) is 18.7. The minimum Gasteiger partial charge on any atom is -0.508 e. The molecule has 0 unspecified atom stereocenters. The maximum atomic E-state index is 15.2. The van der Waals surface area contributed by atoms with Gasteiger partial charge in [-0.3, -0.25) is 39.3 Å². The van der Waals surface area contributed by atoms with Gasteiger partial charge in [0.2, 0.25) is 17.7 Å². The highest BCUT2D eigenvalue weighted by Crippen LogP contribution is 2.54. The number of nitrogens with zero attached hydrogens (tertiary/aromatic N) is 7. The van der Waals surface area contributed by atoms with Crippen LogP contribution in [0.1, 0.15) is 108 Å². The molecule has 3 aliphatic carbocycles. The van der Waals surface area contributed by atoms with Crippen molar-refractivity contribution in [2.45, 2.75) is 141 Å². The number of hydrogen-bond donors (Lipinski definition) is 4. The lowest BCUT2D eigenvalue weighted by Crippen LogP contribution is -2.64. The Hall–Kier alpha value is -6.08. The van der Waals surface area contributed by atoms with Gasteiger partial charge in [-0.2, -0.15) is 0 Å². The molecule has 6 bridgehead atoms. The van der Waals surface area contributed by atoms with E-state index in [2.05, 4.69) is 82.5 Å². The maximum Gasteiger partial charge on any atom is 0.325 e. The van der Waals surface area contributed by atoms with E-state index in [1.54, 1.807) is 33.3 Å². The number of benzene rings is 2. The number of phenols is 1. The fourth-order valence-corrected chi connectivity index (χ4v) is 13.5. The van der Waals surface area contributed by atoms with Crippen molar-refractivity contribution < 1.29 is 38.6 Å². The van der Waals surface area contributed by atoms with Crippen molar-refractivity contribution in [3.63, 3.8) is 0 Å². The molecule has 1 spiro atoms. The minimum atomic E-state index is -1.16. The predicted octanol–water partition coefficient (Wildman–Crippen LogP) is 5.82. The smallest absolute Gasteiger partial charge is 0.325 e. The summed E-state index contributed by atoms with van der Waals surface area (Å²) in [6, 6.07) is 11.0. The summed E-state index contributed by atoms with van der Waals surface area (Å²) in [5.41, 5.74) is 10.6. The summed E-state index contributed by atoms with van der Waals surface area (Å²) in [6.07, 6.45) is 9.87. The van der Waals surface area contributed by atoms with E-state index in [0.717, 1.165) is 128 Å². The number of aryl methyl sites for hydroxylation is 1. The van der Waals surface area contributed by atoms with Crippen molar-refractivity contribution in [3.05, 3.63) is 65.5 Å². The number of pyridine rings is 1. The number of piperazine rings is 1. The molecule has 4 aromatic rings. The summed E-state index contributed by atoms with van der Waals surface area (Å²) in [5.74, 6) is -1.46. The second kappa shape index (κ2) is 21.8. The van der Waals surface area contributed by atoms with Gasteiger partial charge in [-0.05, 0) is 142 Å². The van der Waals surface area contributed by atoms with E-state index in [1.165, 1.54) is 14.8 Å². The molecule has 6 atom stereocenters. The predicted molar refractivity (Wildman–Crippen MR) is 302 cm³/mol. The minimum absolute atomic E-state index is 0.00238. The number of rotatable bonds is 13. The topological polar surface area (TPSA) is 204 Å². The van der Waals surface area contributed by atoms with Crippen molar-refractivity contribution in [3.8, 4) is 28.1 Å². The number of methoxy groups -OCH3 is 1. The number of hydrazine groups is 1. The first-order valence-electron chi connectivity index (χ1n) is 29.1. The number of aromatic nitrogens is 2. The molecule has 6 fully saturated rings. The second-order valence-electron chi connectivity index (χ2n) is 25.1. The molecule has 18 nitrogen and oxygen atoms in total. The number of cyclic esters (lactones) is 1. The number of carbonyl (C=O) groups excluding carboxylic acids is 5. The van der Waals surface area contributed by atoms with E-state index in [-0.39, 0.29) is 66.7 Å². The van der Waals surface area contributed by atoms with Gasteiger partial charge in [0.15, 0.2) is 0 Å². The van der Waals surface area contributed by atoms with Crippen LogP contribution in [0.25, 0.3) is 33.3 Å². The number of hydrogen-bond acceptors (Lipinski definition) is 13. The lowest BCUT2D eigenvalue weighted by atomic mass is 9.83. The lowest BCUT2D eigenvalue weighted by molar-refractivity contribution is -0.159. The Labute approximate surface area is 464 Å². The lowest BCUT2D eigenvalue weighted by Gasteiger charge is -2.41. The molecule has 11 rings (SSSR count). The summed E-state index contributed by atoms with van der Waals surface area (Å²) in [7, 11) is 7.12. The third-order valence-electron chi connectivity index (χ3n) is 18.7. The first-order valence-corrected chi connectivity index (χ1v) is 29.1. The summed E-state index contributed by atoms with van der Waals surface area (Å²) in [6.45, 7) is 13.0. The van der Waals surface area contributed by atoms with Crippen LogP contribution in [0.5, 0.6) is 5.75 Å². The average molecular weight is 1080 g/mol. The molecule has 0 radical (unpaired) electrons. The van der Waals surface area contributed by atoms with E-state index in [4.69, 9.17) is 14.5 Å². The number of likely N-dealkylation sites (N-methyl/N-ethyl adjacent to an activating group) is 3. The summed E-state index contributed by atoms with van der Waals surface area (Å²) in [4.78, 5) is 85.4. The molecule has 2 aromatic heterocycles. The summed E-state index contributed by atoms with van der Waals surface area (Å²) < 4.78 is 14.8. The van der Waals surface area contributed by atoms with Crippen LogP contribution in [0.3, 0.4) is 0 Å². The molecule has 18 heteroatoms. The zero-order valence-corrected chi connectivity index (χ0v) is 47.6. The third kappa shape index (κ3) is 11.1. The number of amides is 4. The maximum absolute atomic E-state index is 15.2. The Kier molecular flexibility index (Phi) is 15.1. The summed E-state index contributed by atoms with van der Waals surface area (Å²) in [5, 5.41) is 20.5. The van der Waals surface area contributed by atoms with Crippen LogP contribution in [0.15, 0.2) is 48.7 Å². The van der Waals surface area contributed by atoms with Crippen LogP contribution in [-0.4, -0.2) is 168 Å². The van der Waals surface area contributed by atoms with Gasteiger partial charge < -0.3 is 44.1 Å². The van der Waals surface area contributed by atoms with Crippen molar-refractivity contribution in [2.24, 2.45) is 22.7 Å². The van der Waals surface area contributed by atoms with Gasteiger partial charge in [-0.25, -0.2) is 5.43 Å². The molecule has 6 heterocycles. The molecule has 2 aromatic carbocycles. The van der Waals surface area contributed by atoms with E-state index in [0.29, 0.717) is 37.4 Å². The molecule has 4 aliphatic heterocycles. The molecule has 4 N–H and O–H groups in total. The van der Waals surface area contributed by atoms with Crippen LogP contribution >= 0.6 is 0 Å². The molecule has 7 aliphatic rings. The van der Waals surface area contributed by atoms with E-state index in [9.17, 15) is 19.5 Å². The summed E-state index contributed by atoms with van der Waals surface area (Å²) >= 11 is 0. The van der Waals surface area contributed by atoms with E-state index < -0.39 is 41.3 Å². The fourth-order valence-electron chi connectivity index (χ4n) is 13.5. The Bertz CT molecular complexity index is 3010. The number of fused-ring (bicyclic) bond motifs is 7. The Morgan fingerprint density at radius 1 is 0.962 bits per heavy atom. The van der Waals surface area contributed by atoms with Crippen LogP contribution in [0, 0.1) is 22.7 Å². The zero-order chi connectivity index (χ0) is 55.7. The van der Waals surface area contributed by atoms with Crippen molar-refractivity contribution in [1.82, 2.24) is 45.3 Å². The highest BCUT2D eigenvalue weighted by molar-refractivity contribution is 5.97. The van der Waals surface area contributed by atoms with Crippen LogP contribution in [0.2, 0.25) is 0 Å². The van der Waals surface area contributed by atoms with Crippen molar-refractivity contribution >= 4 is 46.2 Å². The van der Waals surface area contributed by atoms with Crippen LogP contribution in [-0.2, 0) is 52.8 Å². The number of aromatic hydroxyl groups is 1. The van der Waals surface area contributed by atoms with E-state index >= 15 is 9.59 Å². The van der Waals surface area contributed by atoms with Gasteiger partial charge in [-0.1, -0.05) is 38.8 Å². The van der Waals surface area contributed by atoms with Gasteiger partial charge in [0.25, 0.3) is 5.91 Å². The number of anilines is 1. The number of ether oxygens (including phenoxy) is 2. The van der Waals surface area contributed by atoms with Crippen LogP contribution < -0.4 is 21.0 Å². The van der Waals surface area contributed by atoms with Gasteiger partial charge in [-0.15, -0.1) is 0 Å². The second-order valence-corrected chi connectivity index (χ2v) is 25.1. The fraction of sp³-hybridized carbons (Fsp3) is 0.607. The quantitative estimate of drug-likeness (QED) is 0.0923. The zero-order valence-electron chi connectivity index (χ0n) is 47.6. The number of esters is 1. The molecular formula is C61H82N10O8. The first-order chi connectivity index (χ1) is 37.8. The average Bonchev–Trinajstić information content (AvgIpc) is 4.59. The van der Waals surface area contributed by atoms with Gasteiger partial charge >= 0.3 is 5.97 Å². The number of phenolic OH excluding ortho intramolecular Hbond substituents is 1. The Morgan fingerprint density at radius 2 is 1.71 bits per heavy atom. The number of carbonyl (C=O) groups is 5. The Balaban J connectivity index is 0.977.